The van der Waals surface area contributed by atoms with Crippen LogP contribution in [-0.4, -0.2) is 32.3 Å². The van der Waals surface area contributed by atoms with Crippen LogP contribution in [0.4, 0.5) is 0 Å². The van der Waals surface area contributed by atoms with E-state index < -0.39 is 0 Å². The number of carbonyl (C=O) groups excluding carboxylic acids is 1. The van der Waals surface area contributed by atoms with E-state index in [9.17, 15) is 4.79 Å². The van der Waals surface area contributed by atoms with Crippen LogP contribution in [0.15, 0.2) is 54.2 Å². The molecule has 1 atom stereocenters. The smallest absolute Gasteiger partial charge is 0.229 e. The summed E-state index contributed by atoms with van der Waals surface area (Å²) in [7, 11) is 0. The molecular formula is C21H18N4OS2. The second-order valence-electron chi connectivity index (χ2n) is 6.83. The van der Waals surface area contributed by atoms with E-state index in [-0.39, 0.29) is 11.9 Å². The Balaban J connectivity index is 1.34. The highest BCUT2D eigenvalue weighted by molar-refractivity contribution is 7.18. The molecule has 0 bridgehead atoms. The summed E-state index contributed by atoms with van der Waals surface area (Å²) < 4.78 is 1.18. The van der Waals surface area contributed by atoms with Gasteiger partial charge in [0.15, 0.2) is 0 Å². The first-order valence-corrected chi connectivity index (χ1v) is 11.0. The zero-order valence-corrected chi connectivity index (χ0v) is 16.7. The number of rotatable bonds is 4. The third kappa shape index (κ3) is 3.31. The molecule has 1 fully saturated rings. The van der Waals surface area contributed by atoms with Crippen LogP contribution in [0.1, 0.15) is 29.6 Å². The average molecular weight is 407 g/mol. The van der Waals surface area contributed by atoms with Crippen LogP contribution in [0, 0.1) is 0 Å². The molecule has 0 unspecified atom stereocenters. The summed E-state index contributed by atoms with van der Waals surface area (Å²) in [6, 6.07) is 12.1. The van der Waals surface area contributed by atoms with Crippen molar-refractivity contribution < 1.29 is 4.79 Å². The normalized spacial score (nSPS) is 16.7. The number of thiazole rings is 2. The van der Waals surface area contributed by atoms with Gasteiger partial charge in [0, 0.05) is 29.9 Å². The van der Waals surface area contributed by atoms with Gasteiger partial charge >= 0.3 is 0 Å². The van der Waals surface area contributed by atoms with Crippen molar-refractivity contribution in [2.24, 2.45) is 0 Å². The molecule has 140 valence electrons. The highest BCUT2D eigenvalue weighted by Crippen LogP contribution is 2.36. The minimum Gasteiger partial charge on any atom is -0.333 e. The lowest BCUT2D eigenvalue weighted by atomic mass is 10.2. The first-order valence-electron chi connectivity index (χ1n) is 9.28. The van der Waals surface area contributed by atoms with Gasteiger partial charge in [-0.2, -0.15) is 0 Å². The molecule has 3 aromatic heterocycles. The molecular weight excluding hydrogens is 388 g/mol. The number of pyridine rings is 1. The minimum atomic E-state index is 0.0846. The van der Waals surface area contributed by atoms with Crippen molar-refractivity contribution in [2.75, 3.05) is 6.54 Å². The Bertz CT molecular complexity index is 1090. The number of amides is 1. The van der Waals surface area contributed by atoms with Crippen LogP contribution in [0.3, 0.4) is 0 Å². The summed E-state index contributed by atoms with van der Waals surface area (Å²) in [4.78, 5) is 28.6. The molecule has 4 aromatic rings. The second kappa shape index (κ2) is 7.41. The van der Waals surface area contributed by atoms with Gasteiger partial charge in [-0.15, -0.1) is 22.7 Å². The summed E-state index contributed by atoms with van der Waals surface area (Å²) in [6.45, 7) is 0.791. The first-order chi connectivity index (χ1) is 13.8. The molecule has 7 heteroatoms. The number of likely N-dealkylation sites (tertiary alicyclic amines) is 1. The first kappa shape index (κ1) is 17.5. The number of carbonyl (C=O) groups is 1. The average Bonchev–Trinajstić information content (AvgIpc) is 3.47. The molecule has 4 heterocycles. The van der Waals surface area contributed by atoms with Crippen LogP contribution in [0.25, 0.3) is 20.8 Å². The van der Waals surface area contributed by atoms with Crippen molar-refractivity contribution in [2.45, 2.75) is 25.3 Å². The standard InChI is InChI=1S/C21H18N4OS2/c26-19(11-15-13-27-20(23-15)14-5-3-9-22-12-14)25-10-4-7-17(25)21-24-16-6-1-2-8-18(16)28-21/h1-3,5-6,8-9,12-13,17H,4,7,10-11H2/t17-/m0/s1. The molecule has 1 saturated heterocycles. The van der Waals surface area contributed by atoms with E-state index in [1.807, 2.05) is 40.6 Å². The molecule has 0 spiro atoms. The Morgan fingerprint density at radius 3 is 2.96 bits per heavy atom. The van der Waals surface area contributed by atoms with Crippen molar-refractivity contribution in [3.05, 3.63) is 64.9 Å². The van der Waals surface area contributed by atoms with Gasteiger partial charge in [0.25, 0.3) is 0 Å². The number of fused-ring (bicyclic) bond motifs is 1. The topological polar surface area (TPSA) is 59.0 Å². The van der Waals surface area contributed by atoms with E-state index in [0.717, 1.165) is 46.2 Å². The SMILES string of the molecule is O=C(Cc1csc(-c2cccnc2)n1)N1CCC[C@H]1c1nc2ccccc2s1. The molecule has 1 aromatic carbocycles. The van der Waals surface area contributed by atoms with Gasteiger partial charge in [0.1, 0.15) is 10.0 Å². The number of nitrogens with zero attached hydrogens (tertiary/aromatic N) is 4. The van der Waals surface area contributed by atoms with Gasteiger partial charge in [-0.1, -0.05) is 12.1 Å². The van der Waals surface area contributed by atoms with Crippen molar-refractivity contribution in [3.8, 4) is 10.6 Å². The number of para-hydroxylation sites is 1. The van der Waals surface area contributed by atoms with Gasteiger partial charge in [0.05, 0.1) is 28.4 Å². The monoisotopic (exact) mass is 406 g/mol. The van der Waals surface area contributed by atoms with Gasteiger partial charge in [-0.05, 0) is 37.1 Å². The van der Waals surface area contributed by atoms with Gasteiger partial charge in [-0.25, -0.2) is 9.97 Å². The number of hydrogen-bond donors (Lipinski definition) is 0. The van der Waals surface area contributed by atoms with Crippen molar-refractivity contribution in [1.82, 2.24) is 19.9 Å². The molecule has 0 N–H and O–H groups in total. The molecule has 0 radical (unpaired) electrons. The van der Waals surface area contributed by atoms with Crippen LogP contribution < -0.4 is 0 Å². The summed E-state index contributed by atoms with van der Waals surface area (Å²) in [5.41, 5.74) is 2.82. The largest absolute Gasteiger partial charge is 0.333 e. The lowest BCUT2D eigenvalue weighted by Gasteiger charge is -2.22. The van der Waals surface area contributed by atoms with Crippen molar-refractivity contribution in [1.29, 1.82) is 0 Å². The van der Waals surface area contributed by atoms with Crippen LogP contribution >= 0.6 is 22.7 Å². The fourth-order valence-corrected chi connectivity index (χ4v) is 5.55. The third-order valence-electron chi connectivity index (χ3n) is 4.96. The zero-order valence-electron chi connectivity index (χ0n) is 15.1. The fraction of sp³-hybridized carbons (Fsp3) is 0.238. The van der Waals surface area contributed by atoms with E-state index in [2.05, 4.69) is 16.0 Å². The Morgan fingerprint density at radius 1 is 1.18 bits per heavy atom. The van der Waals surface area contributed by atoms with Gasteiger partial charge < -0.3 is 4.90 Å². The predicted molar refractivity (Wildman–Crippen MR) is 112 cm³/mol. The van der Waals surface area contributed by atoms with E-state index in [0.29, 0.717) is 6.42 Å². The lowest BCUT2D eigenvalue weighted by Crippen LogP contribution is -2.31. The van der Waals surface area contributed by atoms with E-state index in [4.69, 9.17) is 4.98 Å². The number of hydrogen-bond acceptors (Lipinski definition) is 6. The molecule has 28 heavy (non-hydrogen) atoms. The minimum absolute atomic E-state index is 0.0846. The maximum Gasteiger partial charge on any atom is 0.229 e. The maximum atomic E-state index is 13.0. The summed E-state index contributed by atoms with van der Waals surface area (Å²) >= 11 is 3.25. The molecule has 1 aliphatic rings. The van der Waals surface area contributed by atoms with Crippen molar-refractivity contribution in [3.63, 3.8) is 0 Å². The Hall–Kier alpha value is -2.64. The molecule has 0 saturated carbocycles. The maximum absolute atomic E-state index is 13.0. The summed E-state index contributed by atoms with van der Waals surface area (Å²) in [5, 5.41) is 3.92. The van der Waals surface area contributed by atoms with E-state index in [1.54, 1.807) is 35.1 Å². The van der Waals surface area contributed by atoms with E-state index in [1.165, 1.54) is 4.70 Å². The molecule has 0 aliphatic carbocycles. The van der Waals surface area contributed by atoms with Gasteiger partial charge in [0.2, 0.25) is 5.91 Å². The number of aromatic nitrogens is 3. The number of benzene rings is 1. The molecule has 5 nitrogen and oxygen atoms in total. The molecule has 1 aliphatic heterocycles. The van der Waals surface area contributed by atoms with Crippen molar-refractivity contribution >= 4 is 38.8 Å². The second-order valence-corrected chi connectivity index (χ2v) is 8.75. The predicted octanol–water partition coefficient (Wildman–Crippen LogP) is 4.72. The molecule has 5 rings (SSSR count). The Morgan fingerprint density at radius 2 is 2.11 bits per heavy atom. The third-order valence-corrected chi connectivity index (χ3v) is 7.04. The van der Waals surface area contributed by atoms with Crippen LogP contribution in [0.5, 0.6) is 0 Å². The quantitative estimate of drug-likeness (QED) is 0.492. The Kier molecular flexibility index (Phi) is 4.62. The van der Waals surface area contributed by atoms with Crippen LogP contribution in [0.2, 0.25) is 0 Å². The van der Waals surface area contributed by atoms with Crippen LogP contribution in [-0.2, 0) is 11.2 Å². The highest BCUT2D eigenvalue weighted by atomic mass is 32.1. The zero-order chi connectivity index (χ0) is 18.9. The fourth-order valence-electron chi connectivity index (χ4n) is 3.62. The Labute approximate surface area is 170 Å². The lowest BCUT2D eigenvalue weighted by molar-refractivity contribution is -0.131. The van der Waals surface area contributed by atoms with E-state index >= 15 is 0 Å². The summed E-state index contributed by atoms with van der Waals surface area (Å²) in [5.74, 6) is 0.129. The highest BCUT2D eigenvalue weighted by Gasteiger charge is 2.32. The van der Waals surface area contributed by atoms with Gasteiger partial charge in [-0.3, -0.25) is 9.78 Å². The molecule has 1 amide bonds. The summed E-state index contributed by atoms with van der Waals surface area (Å²) in [6.07, 6.45) is 5.87.